The van der Waals surface area contributed by atoms with E-state index >= 15 is 0 Å². The molecule has 0 amide bonds. The molecule has 0 spiro atoms. The fourth-order valence-electron chi connectivity index (χ4n) is 3.08. The number of azo groups is 1. The summed E-state index contributed by atoms with van der Waals surface area (Å²) >= 11 is 0. The van der Waals surface area contributed by atoms with Crippen LogP contribution in [0.2, 0.25) is 0 Å². The molecule has 0 bridgehead atoms. The van der Waals surface area contributed by atoms with Gasteiger partial charge in [-0.25, -0.2) is 0 Å². The van der Waals surface area contributed by atoms with Crippen LogP contribution in [0.4, 0.5) is 11.4 Å². The Balaban J connectivity index is 2.05. The Kier molecular flexibility index (Phi) is 6.75. The van der Waals surface area contributed by atoms with Crippen LogP contribution in [0, 0.1) is 0 Å². The summed E-state index contributed by atoms with van der Waals surface area (Å²) in [5, 5.41) is 19.8. The third kappa shape index (κ3) is 5.51. The number of para-hydroxylation sites is 1. The number of phenolic OH excluding ortho intramolecular Hbond substituents is 1. The van der Waals surface area contributed by atoms with Crippen molar-refractivity contribution in [3.8, 4) is 17.2 Å². The van der Waals surface area contributed by atoms with Gasteiger partial charge in [-0.05, 0) is 35.7 Å². The number of hydrogen-bond acceptors (Lipinski definition) is 5. The van der Waals surface area contributed by atoms with E-state index in [1.54, 1.807) is 13.0 Å². The number of phenols is 1. The van der Waals surface area contributed by atoms with Crippen molar-refractivity contribution >= 4 is 17.5 Å². The summed E-state index contributed by atoms with van der Waals surface area (Å²) in [6.07, 6.45) is 1.05. The Morgan fingerprint density at radius 1 is 0.935 bits per heavy atom. The molecule has 5 heteroatoms. The van der Waals surface area contributed by atoms with Gasteiger partial charge in [0.15, 0.2) is 17.2 Å². The van der Waals surface area contributed by atoms with E-state index in [4.69, 9.17) is 9.47 Å². The average molecular weight is 417 g/mol. The molecule has 160 valence electrons. The predicted octanol–water partition coefficient (Wildman–Crippen LogP) is 7.55. The first kappa shape index (κ1) is 22.1. The molecule has 0 aliphatic carbocycles. The largest absolute Gasteiger partial charge is 0.505 e. The molecule has 0 heterocycles. The van der Waals surface area contributed by atoms with Crippen molar-refractivity contribution in [2.45, 2.75) is 39.4 Å². The molecule has 0 aliphatic rings. The van der Waals surface area contributed by atoms with Crippen LogP contribution in [-0.2, 0) is 5.41 Å². The van der Waals surface area contributed by atoms with E-state index in [1.165, 1.54) is 0 Å². The monoisotopic (exact) mass is 416 g/mol. The number of ether oxygens (including phenoxy) is 2. The number of nitrogens with zero attached hydrogens (tertiary/aromatic N) is 2. The molecule has 0 saturated heterocycles. The third-order valence-corrected chi connectivity index (χ3v) is 4.64. The van der Waals surface area contributed by atoms with Crippen molar-refractivity contribution < 1.29 is 14.6 Å². The van der Waals surface area contributed by atoms with Gasteiger partial charge in [0, 0.05) is 18.1 Å². The highest BCUT2D eigenvalue weighted by molar-refractivity contribution is 5.74. The fraction of sp³-hybridized carbons (Fsp3) is 0.231. The third-order valence-electron chi connectivity index (χ3n) is 4.64. The van der Waals surface area contributed by atoms with E-state index in [-0.39, 0.29) is 16.9 Å². The van der Waals surface area contributed by atoms with Gasteiger partial charge in [-0.3, -0.25) is 0 Å². The summed E-state index contributed by atoms with van der Waals surface area (Å²) in [7, 11) is 0. The standard InChI is InChI=1S/C26H28N2O3/c1-6-19-17-22(26(3,4)5)24(29)23(28-27-20-13-9-7-10-14-20)25(19)31-18(2)30-21-15-11-8-12-16-21/h6-18,29H,1H2,2-5H3. The minimum atomic E-state index is -0.633. The molecule has 0 fully saturated rings. The van der Waals surface area contributed by atoms with Gasteiger partial charge in [0.2, 0.25) is 6.29 Å². The van der Waals surface area contributed by atoms with E-state index in [9.17, 15) is 5.11 Å². The first-order chi connectivity index (χ1) is 14.8. The number of hydrogen-bond donors (Lipinski definition) is 1. The molecule has 0 saturated carbocycles. The van der Waals surface area contributed by atoms with Crippen LogP contribution in [0.3, 0.4) is 0 Å². The summed E-state index contributed by atoms with van der Waals surface area (Å²) in [4.78, 5) is 0. The Morgan fingerprint density at radius 3 is 2.13 bits per heavy atom. The van der Waals surface area contributed by atoms with E-state index in [0.717, 1.165) is 5.56 Å². The van der Waals surface area contributed by atoms with E-state index in [2.05, 4.69) is 16.8 Å². The van der Waals surface area contributed by atoms with E-state index in [0.29, 0.717) is 22.7 Å². The summed E-state index contributed by atoms with van der Waals surface area (Å²) in [6.45, 7) is 11.8. The zero-order valence-electron chi connectivity index (χ0n) is 18.4. The van der Waals surface area contributed by atoms with Gasteiger partial charge < -0.3 is 14.6 Å². The summed E-state index contributed by atoms with van der Waals surface area (Å²) in [5.41, 5.74) is 2.03. The summed E-state index contributed by atoms with van der Waals surface area (Å²) in [6, 6.07) is 20.6. The molecule has 0 aliphatic heterocycles. The zero-order chi connectivity index (χ0) is 22.4. The molecule has 31 heavy (non-hydrogen) atoms. The van der Waals surface area contributed by atoms with Crippen LogP contribution in [-0.4, -0.2) is 11.4 Å². The minimum absolute atomic E-state index is 0.0275. The van der Waals surface area contributed by atoms with E-state index in [1.807, 2.05) is 87.5 Å². The lowest BCUT2D eigenvalue weighted by atomic mass is 9.84. The SMILES string of the molecule is C=Cc1cc(C(C)(C)C)c(O)c(N=Nc2ccccc2)c1OC(C)Oc1ccccc1. The van der Waals surface area contributed by atoms with Crippen LogP contribution in [0.1, 0.15) is 38.8 Å². The molecular weight excluding hydrogens is 388 g/mol. The van der Waals surface area contributed by atoms with Crippen LogP contribution in [0.25, 0.3) is 6.08 Å². The van der Waals surface area contributed by atoms with Crippen LogP contribution in [0.5, 0.6) is 17.2 Å². The number of rotatable bonds is 7. The smallest absolute Gasteiger partial charge is 0.238 e. The van der Waals surface area contributed by atoms with Crippen molar-refractivity contribution in [1.82, 2.24) is 0 Å². The molecule has 1 atom stereocenters. The van der Waals surface area contributed by atoms with Crippen molar-refractivity contribution in [2.24, 2.45) is 10.2 Å². The molecular formula is C26H28N2O3. The van der Waals surface area contributed by atoms with Crippen LogP contribution >= 0.6 is 0 Å². The molecule has 3 aromatic carbocycles. The lowest BCUT2D eigenvalue weighted by molar-refractivity contribution is 0.0224. The first-order valence-electron chi connectivity index (χ1n) is 10.2. The minimum Gasteiger partial charge on any atom is -0.505 e. The molecule has 1 unspecified atom stereocenters. The lowest BCUT2D eigenvalue weighted by Gasteiger charge is -2.25. The summed E-state index contributed by atoms with van der Waals surface area (Å²) in [5.74, 6) is 1.07. The van der Waals surface area contributed by atoms with Gasteiger partial charge in [0.25, 0.3) is 0 Å². The van der Waals surface area contributed by atoms with E-state index < -0.39 is 6.29 Å². The van der Waals surface area contributed by atoms with Gasteiger partial charge in [-0.1, -0.05) is 69.8 Å². The van der Waals surface area contributed by atoms with Gasteiger partial charge in [-0.15, -0.1) is 5.11 Å². The Morgan fingerprint density at radius 2 is 1.55 bits per heavy atom. The molecule has 5 nitrogen and oxygen atoms in total. The van der Waals surface area contributed by atoms with Gasteiger partial charge in [-0.2, -0.15) is 5.11 Å². The van der Waals surface area contributed by atoms with Crippen molar-refractivity contribution in [1.29, 1.82) is 0 Å². The molecule has 3 rings (SSSR count). The predicted molar refractivity (Wildman–Crippen MR) is 125 cm³/mol. The molecule has 1 N–H and O–H groups in total. The van der Waals surface area contributed by atoms with Gasteiger partial charge >= 0.3 is 0 Å². The maximum absolute atomic E-state index is 11.1. The fourth-order valence-corrected chi connectivity index (χ4v) is 3.08. The average Bonchev–Trinajstić information content (AvgIpc) is 2.74. The summed E-state index contributed by atoms with van der Waals surface area (Å²) < 4.78 is 12.0. The molecule has 0 aromatic heterocycles. The second-order valence-corrected chi connectivity index (χ2v) is 8.15. The second-order valence-electron chi connectivity index (χ2n) is 8.15. The zero-order valence-corrected chi connectivity index (χ0v) is 18.4. The highest BCUT2D eigenvalue weighted by Gasteiger charge is 2.26. The van der Waals surface area contributed by atoms with Crippen molar-refractivity contribution in [3.63, 3.8) is 0 Å². The van der Waals surface area contributed by atoms with Crippen molar-refractivity contribution in [3.05, 3.63) is 84.4 Å². The Labute approximate surface area is 183 Å². The Hall–Kier alpha value is -3.60. The number of aromatic hydroxyl groups is 1. The lowest BCUT2D eigenvalue weighted by Crippen LogP contribution is -2.20. The molecule has 3 aromatic rings. The normalized spacial score (nSPS) is 12.5. The highest BCUT2D eigenvalue weighted by atomic mass is 16.7. The van der Waals surface area contributed by atoms with Gasteiger partial charge in [0.1, 0.15) is 5.75 Å². The van der Waals surface area contributed by atoms with Crippen LogP contribution in [0.15, 0.2) is 83.5 Å². The van der Waals surface area contributed by atoms with Gasteiger partial charge in [0.05, 0.1) is 5.69 Å². The Bertz CT molecular complexity index is 1060. The number of benzene rings is 3. The highest BCUT2D eigenvalue weighted by Crippen LogP contribution is 2.47. The molecule has 0 radical (unpaired) electrons. The first-order valence-corrected chi connectivity index (χ1v) is 10.2. The quantitative estimate of drug-likeness (QED) is 0.319. The van der Waals surface area contributed by atoms with Crippen LogP contribution < -0.4 is 9.47 Å². The topological polar surface area (TPSA) is 63.4 Å². The van der Waals surface area contributed by atoms with Crippen molar-refractivity contribution in [2.75, 3.05) is 0 Å². The maximum Gasteiger partial charge on any atom is 0.238 e. The second kappa shape index (κ2) is 9.47. The maximum atomic E-state index is 11.1.